The Morgan fingerprint density at radius 1 is 1.64 bits per heavy atom. The minimum atomic E-state index is -1.26. The van der Waals surface area contributed by atoms with Gasteiger partial charge in [0.15, 0.2) is 0 Å². The van der Waals surface area contributed by atoms with Crippen molar-refractivity contribution in [1.82, 2.24) is 4.98 Å². The summed E-state index contributed by atoms with van der Waals surface area (Å²) < 4.78 is 12.3. The van der Waals surface area contributed by atoms with Gasteiger partial charge in [-0.3, -0.25) is 0 Å². The van der Waals surface area contributed by atoms with Gasteiger partial charge in [0.2, 0.25) is 5.95 Å². The van der Waals surface area contributed by atoms with Crippen LogP contribution in [0.3, 0.4) is 0 Å². The summed E-state index contributed by atoms with van der Waals surface area (Å²) in [6.45, 7) is 0. The van der Waals surface area contributed by atoms with Crippen molar-refractivity contribution in [3.05, 3.63) is 23.8 Å². The SMILES string of the molecule is Nc1cnc(F)cc1C(=O)O.[I][V][I]. The topological polar surface area (TPSA) is 76.2 Å². The molecule has 8 heteroatoms. The van der Waals surface area contributed by atoms with E-state index in [0.717, 1.165) is 12.3 Å². The maximum absolute atomic E-state index is 12.3. The van der Waals surface area contributed by atoms with Crippen LogP contribution in [0, 0.1) is 5.95 Å². The number of hydrogen-bond donors (Lipinski definition) is 2. The average molecular weight is 461 g/mol. The van der Waals surface area contributed by atoms with E-state index in [1.165, 1.54) is 0 Å². The zero-order chi connectivity index (χ0) is 11.1. The number of aromatic carboxylic acids is 1. The molecule has 0 aliphatic rings. The third-order valence-electron chi connectivity index (χ3n) is 1.13. The predicted molar refractivity (Wildman–Crippen MR) is 63.6 cm³/mol. The Morgan fingerprint density at radius 3 is 2.50 bits per heavy atom. The van der Waals surface area contributed by atoms with E-state index in [0.29, 0.717) is 9.47 Å². The predicted octanol–water partition coefficient (Wildman–Crippen LogP) is 2.27. The molecule has 0 saturated heterocycles. The summed E-state index contributed by atoms with van der Waals surface area (Å²) in [6.07, 6.45) is 0.971. The second-order valence-electron chi connectivity index (χ2n) is 1.96. The van der Waals surface area contributed by atoms with Gasteiger partial charge in [-0.25, -0.2) is 9.78 Å². The molecule has 1 aromatic rings. The molecule has 4 nitrogen and oxygen atoms in total. The Labute approximate surface area is 109 Å². The molecule has 0 fully saturated rings. The molecule has 1 heterocycles. The first-order valence-corrected chi connectivity index (χ1v) is 12.1. The van der Waals surface area contributed by atoms with Crippen LogP contribution in [0.1, 0.15) is 10.4 Å². The summed E-state index contributed by atoms with van der Waals surface area (Å²) in [5, 5.41) is 8.42. The summed E-state index contributed by atoms with van der Waals surface area (Å²) in [6, 6.07) is 0.775. The second-order valence-corrected chi connectivity index (χ2v) is 13.8. The third kappa shape index (κ3) is 5.32. The molecule has 0 saturated carbocycles. The van der Waals surface area contributed by atoms with Crippen molar-refractivity contribution in [2.75, 3.05) is 5.73 Å². The van der Waals surface area contributed by atoms with Crippen LogP contribution < -0.4 is 5.73 Å². The van der Waals surface area contributed by atoms with Crippen LogP contribution in [0.4, 0.5) is 10.1 Å². The van der Waals surface area contributed by atoms with E-state index in [4.69, 9.17) is 10.8 Å². The quantitative estimate of drug-likeness (QED) is 0.498. The number of rotatable bonds is 1. The van der Waals surface area contributed by atoms with Gasteiger partial charge in [0.1, 0.15) is 0 Å². The molecular weight excluding hydrogens is 456 g/mol. The molecule has 0 aromatic carbocycles. The number of nitrogens with zero attached hydrogens (tertiary/aromatic N) is 1. The molecule has 0 aliphatic carbocycles. The van der Waals surface area contributed by atoms with Gasteiger partial charge in [-0.2, -0.15) is 4.39 Å². The monoisotopic (exact) mass is 461 g/mol. The van der Waals surface area contributed by atoms with Crippen molar-refractivity contribution in [1.29, 1.82) is 0 Å². The number of nitrogens with two attached hydrogens (primary N) is 1. The molecule has 1 aromatic heterocycles. The molecule has 0 bridgehead atoms. The summed E-state index contributed by atoms with van der Waals surface area (Å²) >= 11 is 4.74. The fourth-order valence-electron chi connectivity index (χ4n) is 0.626. The van der Waals surface area contributed by atoms with Crippen molar-refractivity contribution in [2.24, 2.45) is 0 Å². The van der Waals surface area contributed by atoms with Crippen molar-refractivity contribution >= 4 is 51.6 Å². The van der Waals surface area contributed by atoms with Crippen LogP contribution in [0.5, 0.6) is 0 Å². The summed E-state index contributed by atoms with van der Waals surface area (Å²) in [5.74, 6) is -2.11. The molecule has 77 valence electrons. The standard InChI is InChI=1S/C6H5FN2O2.2HI.V/c7-5-1-3(6(10)11)4(8)2-9-5;;;/h1-2H,8H2,(H,10,11);2*1H;/q;;;+2/p-2. The molecule has 0 amide bonds. The van der Waals surface area contributed by atoms with Gasteiger partial charge in [0.05, 0.1) is 17.4 Å². The summed E-state index contributed by atoms with van der Waals surface area (Å²) in [4.78, 5) is 13.5. The van der Waals surface area contributed by atoms with Crippen LogP contribution in [-0.2, 0) is 9.47 Å². The van der Waals surface area contributed by atoms with Gasteiger partial charge >= 0.3 is 55.4 Å². The molecule has 0 atom stereocenters. The summed E-state index contributed by atoms with van der Waals surface area (Å²) in [5.41, 5.74) is 4.87. The number of pyridine rings is 1. The van der Waals surface area contributed by atoms with Gasteiger partial charge in [0.25, 0.3) is 0 Å². The first-order valence-electron chi connectivity index (χ1n) is 3.09. The number of carbonyl (C=O) groups is 1. The van der Waals surface area contributed by atoms with E-state index in [-0.39, 0.29) is 11.3 Å². The average Bonchev–Trinajstić information content (AvgIpc) is 2.10. The normalized spacial score (nSPS) is 8.50. The van der Waals surface area contributed by atoms with E-state index < -0.39 is 11.9 Å². The number of aromatic nitrogens is 1. The molecule has 0 spiro atoms. The van der Waals surface area contributed by atoms with E-state index in [9.17, 15) is 9.18 Å². The van der Waals surface area contributed by atoms with Crippen LogP contribution >= 0.6 is 40.0 Å². The molecular formula is C6H5FI2N2O2V. The molecule has 0 unspecified atom stereocenters. The number of carboxylic acids is 1. The van der Waals surface area contributed by atoms with Gasteiger partial charge in [0, 0.05) is 6.07 Å². The van der Waals surface area contributed by atoms with Crippen molar-refractivity contribution in [3.8, 4) is 0 Å². The van der Waals surface area contributed by atoms with Gasteiger partial charge in [-0.15, -0.1) is 0 Å². The van der Waals surface area contributed by atoms with Crippen molar-refractivity contribution < 1.29 is 23.8 Å². The Morgan fingerprint density at radius 2 is 2.14 bits per heavy atom. The minimum absolute atomic E-state index is 0.0427. The Kier molecular flexibility index (Phi) is 7.87. The van der Waals surface area contributed by atoms with E-state index in [1.54, 1.807) is 0 Å². The van der Waals surface area contributed by atoms with E-state index in [2.05, 4.69) is 44.9 Å². The van der Waals surface area contributed by atoms with E-state index in [1.807, 2.05) is 0 Å². The van der Waals surface area contributed by atoms with Crippen LogP contribution in [-0.4, -0.2) is 16.1 Å². The number of nitrogen functional groups attached to an aromatic ring is 1. The number of anilines is 1. The fraction of sp³-hybridized carbons (Fsp3) is 0. The van der Waals surface area contributed by atoms with Gasteiger partial charge < -0.3 is 10.8 Å². The second kappa shape index (κ2) is 7.66. The Bertz CT molecular complexity index is 327. The summed E-state index contributed by atoms with van der Waals surface area (Å²) in [7, 11) is 0.628. The zero-order valence-corrected chi connectivity index (χ0v) is 12.3. The molecule has 3 N–H and O–H groups in total. The number of hydrogen-bond acceptors (Lipinski definition) is 3. The van der Waals surface area contributed by atoms with Crippen LogP contribution in [0.2, 0.25) is 0 Å². The van der Waals surface area contributed by atoms with Crippen LogP contribution in [0.25, 0.3) is 0 Å². The van der Waals surface area contributed by atoms with Crippen molar-refractivity contribution in [2.45, 2.75) is 0 Å². The maximum atomic E-state index is 12.3. The van der Waals surface area contributed by atoms with Gasteiger partial charge in [-0.1, -0.05) is 0 Å². The molecule has 0 radical (unpaired) electrons. The van der Waals surface area contributed by atoms with Crippen LogP contribution in [0.15, 0.2) is 12.3 Å². The Balaban J connectivity index is 0.000000500. The Hall–Kier alpha value is 0.394. The molecule has 0 aliphatic heterocycles. The van der Waals surface area contributed by atoms with E-state index >= 15 is 0 Å². The zero-order valence-electron chi connectivity index (χ0n) is 6.62. The van der Waals surface area contributed by atoms with Crippen molar-refractivity contribution in [3.63, 3.8) is 0 Å². The first kappa shape index (κ1) is 14.4. The molecule has 1 rings (SSSR count). The number of halogens is 3. The fourth-order valence-corrected chi connectivity index (χ4v) is 0.626. The van der Waals surface area contributed by atoms with Gasteiger partial charge in [-0.05, 0) is 0 Å². The third-order valence-corrected chi connectivity index (χ3v) is 1.13. The molecule has 14 heavy (non-hydrogen) atoms. The number of carboxylic acid groups (broad SMARTS) is 1. The first-order chi connectivity index (χ1) is 6.52.